The third-order valence-corrected chi connectivity index (χ3v) is 5.68. The van der Waals surface area contributed by atoms with Crippen LogP contribution in [0.15, 0.2) is 29.3 Å². The summed E-state index contributed by atoms with van der Waals surface area (Å²) in [6.45, 7) is 4.09. The minimum absolute atomic E-state index is 0.143. The van der Waals surface area contributed by atoms with Crippen molar-refractivity contribution in [2.45, 2.75) is 26.3 Å². The number of nitrogens with one attached hydrogen (secondary N) is 1. The van der Waals surface area contributed by atoms with Gasteiger partial charge in [0, 0.05) is 21.0 Å². The van der Waals surface area contributed by atoms with Gasteiger partial charge >= 0.3 is 5.97 Å². The van der Waals surface area contributed by atoms with E-state index in [9.17, 15) is 4.79 Å². The van der Waals surface area contributed by atoms with Gasteiger partial charge in [-0.15, -0.1) is 11.3 Å². The zero-order valence-electron chi connectivity index (χ0n) is 13.1. The predicted molar refractivity (Wildman–Crippen MR) is 103 cm³/mol. The van der Waals surface area contributed by atoms with Crippen molar-refractivity contribution in [3.8, 4) is 0 Å². The number of rotatable bonds is 3. The molecule has 1 aliphatic rings. The third kappa shape index (κ3) is 3.22. The van der Waals surface area contributed by atoms with Gasteiger partial charge in [0.15, 0.2) is 0 Å². The lowest BCUT2D eigenvalue weighted by atomic mass is 10.00. The number of aryl methyl sites for hydroxylation is 1. The van der Waals surface area contributed by atoms with Crippen LogP contribution < -0.4 is 5.32 Å². The number of aliphatic carboxylic acids is 1. The van der Waals surface area contributed by atoms with E-state index in [1.54, 1.807) is 23.5 Å². The maximum Gasteiger partial charge on any atom is 0.305 e. The maximum atomic E-state index is 11.2. The van der Waals surface area contributed by atoms with E-state index >= 15 is 0 Å². The second-order valence-electron chi connectivity index (χ2n) is 5.57. The molecule has 0 spiro atoms. The van der Waals surface area contributed by atoms with Gasteiger partial charge in [-0.25, -0.2) is 0 Å². The van der Waals surface area contributed by atoms with Gasteiger partial charge in [0.05, 0.1) is 12.1 Å². The number of benzene rings is 1. The van der Waals surface area contributed by atoms with Crippen molar-refractivity contribution in [1.29, 1.82) is 0 Å². The van der Waals surface area contributed by atoms with Crippen LogP contribution in [0.25, 0.3) is 0 Å². The van der Waals surface area contributed by atoms with E-state index in [0.29, 0.717) is 10.0 Å². The van der Waals surface area contributed by atoms with Crippen LogP contribution in [0.5, 0.6) is 0 Å². The van der Waals surface area contributed by atoms with Gasteiger partial charge in [-0.2, -0.15) is 0 Å². The normalized spacial score (nSPS) is 16.9. The summed E-state index contributed by atoms with van der Waals surface area (Å²) in [5.74, 6) is -0.929. The van der Waals surface area contributed by atoms with Crippen LogP contribution in [0.4, 0.5) is 5.00 Å². The summed E-state index contributed by atoms with van der Waals surface area (Å²) >= 11 is 13.0. The fourth-order valence-electron chi connectivity index (χ4n) is 2.60. The molecular formula is C17H15ClN2O2S2. The average Bonchev–Trinajstić information content (AvgIpc) is 2.71. The van der Waals surface area contributed by atoms with Crippen LogP contribution in [0.3, 0.4) is 0 Å². The predicted octanol–water partition coefficient (Wildman–Crippen LogP) is 4.45. The molecule has 1 aliphatic heterocycles. The quantitative estimate of drug-likeness (QED) is 0.774. The minimum Gasteiger partial charge on any atom is -0.481 e. The van der Waals surface area contributed by atoms with E-state index in [1.807, 2.05) is 26.0 Å². The van der Waals surface area contributed by atoms with E-state index in [-0.39, 0.29) is 6.42 Å². The average molecular weight is 379 g/mol. The number of carboxylic acid groups (broad SMARTS) is 1. The molecule has 3 rings (SSSR count). The highest BCUT2D eigenvalue weighted by Crippen LogP contribution is 2.37. The number of carboxylic acids is 1. The fraction of sp³-hybridized carbons (Fsp3) is 0.235. The first-order chi connectivity index (χ1) is 11.4. The van der Waals surface area contributed by atoms with Crippen molar-refractivity contribution in [3.63, 3.8) is 0 Å². The van der Waals surface area contributed by atoms with Crippen LogP contribution in [-0.2, 0) is 4.79 Å². The number of hydrogen-bond acceptors (Lipinski definition) is 4. The van der Waals surface area contributed by atoms with E-state index in [0.717, 1.165) is 27.4 Å². The number of hydrogen-bond donors (Lipinski definition) is 2. The topological polar surface area (TPSA) is 61.7 Å². The molecule has 1 atom stereocenters. The summed E-state index contributed by atoms with van der Waals surface area (Å²) in [4.78, 5) is 17.5. The zero-order valence-corrected chi connectivity index (χ0v) is 15.5. The second kappa shape index (κ2) is 6.63. The van der Waals surface area contributed by atoms with Crippen LogP contribution in [-0.4, -0.2) is 27.8 Å². The van der Waals surface area contributed by atoms with Crippen molar-refractivity contribution in [2.24, 2.45) is 4.99 Å². The molecule has 1 aromatic carbocycles. The number of anilines is 1. The Morgan fingerprint density at radius 1 is 1.38 bits per heavy atom. The van der Waals surface area contributed by atoms with Crippen LogP contribution in [0.2, 0.25) is 5.02 Å². The van der Waals surface area contributed by atoms with Crippen molar-refractivity contribution in [3.05, 3.63) is 50.9 Å². The molecule has 7 heteroatoms. The van der Waals surface area contributed by atoms with Gasteiger partial charge in [0.2, 0.25) is 0 Å². The van der Waals surface area contributed by atoms with Gasteiger partial charge < -0.3 is 10.4 Å². The number of nitrogens with zero attached hydrogens (tertiary/aromatic N) is 1. The Bertz CT molecular complexity index is 856. The smallest absolute Gasteiger partial charge is 0.305 e. The standard InChI is InChI=1S/C17H15ClN2O2S2/c1-8-9(2)24-17-14(8)15(10-3-5-11(18)6-4-10)19-12(7-13(21)22)16(23)20-17/h3-6,12H,7H2,1-2H3,(H,20,23)(H,21,22). The van der Waals surface area contributed by atoms with Gasteiger partial charge in [-0.3, -0.25) is 9.79 Å². The van der Waals surface area contributed by atoms with Crippen molar-refractivity contribution < 1.29 is 9.90 Å². The zero-order chi connectivity index (χ0) is 17.4. The van der Waals surface area contributed by atoms with Crippen molar-refractivity contribution >= 4 is 56.8 Å². The number of thiophene rings is 1. The summed E-state index contributed by atoms with van der Waals surface area (Å²) in [7, 11) is 0. The highest BCUT2D eigenvalue weighted by atomic mass is 35.5. The Balaban J connectivity index is 2.20. The van der Waals surface area contributed by atoms with Gasteiger partial charge in [-0.05, 0) is 31.5 Å². The summed E-state index contributed by atoms with van der Waals surface area (Å²) in [6, 6.07) is 6.79. The Labute approximate surface area is 154 Å². The summed E-state index contributed by atoms with van der Waals surface area (Å²) in [6.07, 6.45) is -0.143. The van der Waals surface area contributed by atoms with Gasteiger partial charge in [0.25, 0.3) is 0 Å². The second-order valence-corrected chi connectivity index (χ2v) is 7.68. The van der Waals surface area contributed by atoms with Gasteiger partial charge in [0.1, 0.15) is 16.0 Å². The molecule has 124 valence electrons. The first-order valence-corrected chi connectivity index (χ1v) is 8.94. The summed E-state index contributed by atoms with van der Waals surface area (Å²) in [5.41, 5.74) is 3.75. The van der Waals surface area contributed by atoms with Crippen molar-refractivity contribution in [2.75, 3.05) is 5.32 Å². The Morgan fingerprint density at radius 2 is 2.04 bits per heavy atom. The molecule has 0 saturated carbocycles. The molecule has 0 bridgehead atoms. The van der Waals surface area contributed by atoms with Gasteiger partial charge in [-0.1, -0.05) is 36.0 Å². The van der Waals surface area contributed by atoms with Crippen LogP contribution >= 0.6 is 35.2 Å². The third-order valence-electron chi connectivity index (χ3n) is 3.93. The molecular weight excluding hydrogens is 364 g/mol. The lowest BCUT2D eigenvalue weighted by Gasteiger charge is -2.11. The molecule has 2 N–H and O–H groups in total. The van der Waals surface area contributed by atoms with E-state index in [4.69, 9.17) is 33.9 Å². The molecule has 1 aromatic heterocycles. The van der Waals surface area contributed by atoms with E-state index in [1.165, 1.54) is 4.88 Å². The molecule has 1 unspecified atom stereocenters. The molecule has 0 saturated heterocycles. The lowest BCUT2D eigenvalue weighted by Crippen LogP contribution is -2.26. The first-order valence-electron chi connectivity index (χ1n) is 7.33. The summed E-state index contributed by atoms with van der Waals surface area (Å²) in [5, 5.41) is 13.9. The number of thiocarbonyl (C=S) groups is 1. The van der Waals surface area contributed by atoms with Crippen molar-refractivity contribution in [1.82, 2.24) is 0 Å². The Hall–Kier alpha value is -1.76. The number of halogens is 1. The molecule has 24 heavy (non-hydrogen) atoms. The van der Waals surface area contributed by atoms with Crippen LogP contribution in [0.1, 0.15) is 28.0 Å². The summed E-state index contributed by atoms with van der Waals surface area (Å²) < 4.78 is 0. The molecule has 4 nitrogen and oxygen atoms in total. The Morgan fingerprint density at radius 3 is 2.67 bits per heavy atom. The molecule has 2 heterocycles. The molecule has 0 aliphatic carbocycles. The molecule has 0 fully saturated rings. The monoisotopic (exact) mass is 378 g/mol. The maximum absolute atomic E-state index is 11.2. The largest absolute Gasteiger partial charge is 0.481 e. The fourth-order valence-corrected chi connectivity index (χ4v) is 4.11. The first kappa shape index (κ1) is 17.1. The number of carbonyl (C=O) groups is 1. The minimum atomic E-state index is -0.929. The molecule has 0 amide bonds. The number of fused-ring (bicyclic) bond motifs is 1. The highest BCUT2D eigenvalue weighted by molar-refractivity contribution is 7.80. The Kier molecular flexibility index (Phi) is 4.71. The molecule has 0 radical (unpaired) electrons. The van der Waals surface area contributed by atoms with E-state index in [2.05, 4.69) is 5.32 Å². The SMILES string of the molecule is Cc1sc2c(c1C)C(c1ccc(Cl)cc1)=NC(CC(=O)O)C(=S)N2. The highest BCUT2D eigenvalue weighted by Gasteiger charge is 2.28. The number of aliphatic imine (C=N–C) groups is 1. The lowest BCUT2D eigenvalue weighted by molar-refractivity contribution is -0.137. The molecule has 2 aromatic rings. The van der Waals surface area contributed by atoms with Crippen LogP contribution in [0, 0.1) is 13.8 Å². The van der Waals surface area contributed by atoms with E-state index < -0.39 is 12.0 Å².